The van der Waals surface area contributed by atoms with Crippen molar-refractivity contribution in [3.8, 4) is 11.5 Å². The number of amides is 1. The van der Waals surface area contributed by atoms with Gasteiger partial charge in [0.15, 0.2) is 11.5 Å². The first-order valence-electron chi connectivity index (χ1n) is 8.66. The van der Waals surface area contributed by atoms with E-state index in [4.69, 9.17) is 8.94 Å². The molecule has 0 N–H and O–H groups in total. The summed E-state index contributed by atoms with van der Waals surface area (Å²) in [5.74, 6) is 1.13. The smallest absolute Gasteiger partial charge is 0.276 e. The highest BCUT2D eigenvalue weighted by molar-refractivity contribution is 5.93. The monoisotopic (exact) mass is 314 g/mol. The number of hydrogen-bond donors (Lipinski definition) is 0. The third kappa shape index (κ3) is 2.80. The molecule has 5 nitrogen and oxygen atoms in total. The zero-order valence-corrected chi connectivity index (χ0v) is 13.2. The van der Waals surface area contributed by atoms with Crippen LogP contribution in [-0.4, -0.2) is 28.0 Å². The third-order valence-corrected chi connectivity index (χ3v) is 5.16. The second-order valence-electron chi connectivity index (χ2n) is 6.64. The largest absolute Gasteiger partial charge is 0.461 e. The van der Waals surface area contributed by atoms with Gasteiger partial charge >= 0.3 is 0 Å². The molecule has 0 aromatic carbocycles. The van der Waals surface area contributed by atoms with Crippen molar-refractivity contribution in [3.05, 3.63) is 30.2 Å². The van der Waals surface area contributed by atoms with Crippen LogP contribution in [0.3, 0.4) is 0 Å². The first-order chi connectivity index (χ1) is 11.3. The number of furan rings is 1. The Hall–Kier alpha value is -2.04. The Morgan fingerprint density at radius 1 is 1.04 bits per heavy atom. The van der Waals surface area contributed by atoms with Crippen molar-refractivity contribution in [1.82, 2.24) is 10.1 Å². The molecule has 1 amide bonds. The molecule has 2 aliphatic carbocycles. The first-order valence-corrected chi connectivity index (χ1v) is 8.66. The third-order valence-electron chi connectivity index (χ3n) is 5.16. The summed E-state index contributed by atoms with van der Waals surface area (Å²) in [5, 5.41) is 4.01. The summed E-state index contributed by atoms with van der Waals surface area (Å²) in [5.41, 5.74) is 0.398. The van der Waals surface area contributed by atoms with Gasteiger partial charge in [0.1, 0.15) is 0 Å². The summed E-state index contributed by atoms with van der Waals surface area (Å²) in [6.07, 6.45) is 10.9. The molecule has 2 aliphatic rings. The molecular weight excluding hydrogens is 292 g/mol. The average molecular weight is 314 g/mol. The van der Waals surface area contributed by atoms with E-state index in [9.17, 15) is 4.79 Å². The minimum atomic E-state index is 0.0188. The van der Waals surface area contributed by atoms with Crippen molar-refractivity contribution < 1.29 is 13.7 Å². The Labute approximate surface area is 135 Å². The lowest BCUT2D eigenvalue weighted by Gasteiger charge is -2.34. The Balaban J connectivity index is 1.59. The van der Waals surface area contributed by atoms with E-state index in [1.807, 2.05) is 0 Å². The van der Waals surface area contributed by atoms with E-state index in [1.165, 1.54) is 25.7 Å². The van der Waals surface area contributed by atoms with E-state index >= 15 is 0 Å². The predicted octanol–water partition coefficient (Wildman–Crippen LogP) is 4.26. The number of rotatable bonds is 4. The normalized spacial score (nSPS) is 19.5. The minimum Gasteiger partial charge on any atom is -0.461 e. The SMILES string of the molecule is O=C(c1cc(-c2ccco2)on1)N(C1CCCC1)C1CCCC1. The summed E-state index contributed by atoms with van der Waals surface area (Å²) in [6.45, 7) is 0. The zero-order chi connectivity index (χ0) is 15.6. The van der Waals surface area contributed by atoms with Crippen LogP contribution in [0.15, 0.2) is 33.4 Å². The van der Waals surface area contributed by atoms with Crippen LogP contribution in [0.25, 0.3) is 11.5 Å². The van der Waals surface area contributed by atoms with Gasteiger partial charge in [-0.3, -0.25) is 4.79 Å². The quantitative estimate of drug-likeness (QED) is 0.846. The van der Waals surface area contributed by atoms with Crippen LogP contribution in [0.5, 0.6) is 0 Å². The Morgan fingerprint density at radius 2 is 1.70 bits per heavy atom. The van der Waals surface area contributed by atoms with Gasteiger partial charge in [0.25, 0.3) is 5.91 Å². The molecule has 2 fully saturated rings. The van der Waals surface area contributed by atoms with Gasteiger partial charge in [0.2, 0.25) is 5.76 Å². The van der Waals surface area contributed by atoms with Crippen LogP contribution in [-0.2, 0) is 0 Å². The van der Waals surface area contributed by atoms with Crippen molar-refractivity contribution >= 4 is 5.91 Å². The lowest BCUT2D eigenvalue weighted by atomic mass is 10.1. The van der Waals surface area contributed by atoms with Crippen LogP contribution in [0.4, 0.5) is 0 Å². The highest BCUT2D eigenvalue weighted by atomic mass is 16.5. The van der Waals surface area contributed by atoms with Crippen LogP contribution in [0.2, 0.25) is 0 Å². The average Bonchev–Trinajstić information content (AvgIpc) is 3.32. The topological polar surface area (TPSA) is 59.5 Å². The Morgan fingerprint density at radius 3 is 2.26 bits per heavy atom. The van der Waals surface area contributed by atoms with Gasteiger partial charge in [-0.2, -0.15) is 0 Å². The standard InChI is InChI=1S/C18H22N2O3/c21-18(15-12-17(23-19-15)16-10-5-11-22-16)20(13-6-1-2-7-13)14-8-3-4-9-14/h5,10-14H,1-4,6-9H2. The highest BCUT2D eigenvalue weighted by Crippen LogP contribution is 2.33. The van der Waals surface area contributed by atoms with E-state index in [1.54, 1.807) is 24.5 Å². The molecule has 0 aliphatic heterocycles. The van der Waals surface area contributed by atoms with Gasteiger partial charge in [-0.1, -0.05) is 30.8 Å². The Bertz CT molecular complexity index is 634. The molecule has 0 radical (unpaired) electrons. The lowest BCUT2D eigenvalue weighted by Crippen LogP contribution is -2.45. The van der Waals surface area contributed by atoms with Crippen LogP contribution in [0, 0.1) is 0 Å². The van der Waals surface area contributed by atoms with Crippen molar-refractivity contribution in [1.29, 1.82) is 0 Å². The number of hydrogen-bond acceptors (Lipinski definition) is 4. The van der Waals surface area contributed by atoms with Crippen molar-refractivity contribution in [3.63, 3.8) is 0 Å². The van der Waals surface area contributed by atoms with E-state index in [-0.39, 0.29) is 5.91 Å². The molecule has 5 heteroatoms. The molecule has 4 rings (SSSR count). The highest BCUT2D eigenvalue weighted by Gasteiger charge is 2.35. The van der Waals surface area contributed by atoms with Gasteiger partial charge in [0.05, 0.1) is 6.26 Å². The molecule has 2 saturated carbocycles. The molecule has 0 bridgehead atoms. The molecule has 122 valence electrons. The van der Waals surface area contributed by atoms with Gasteiger partial charge < -0.3 is 13.8 Å². The fourth-order valence-electron chi connectivity index (χ4n) is 4.04. The number of carbonyl (C=O) groups is 1. The van der Waals surface area contributed by atoms with Crippen molar-refractivity contribution in [2.45, 2.75) is 63.5 Å². The van der Waals surface area contributed by atoms with Gasteiger partial charge in [-0.15, -0.1) is 0 Å². The minimum absolute atomic E-state index is 0.0188. The van der Waals surface area contributed by atoms with Crippen molar-refractivity contribution in [2.75, 3.05) is 0 Å². The second kappa shape index (κ2) is 6.22. The van der Waals surface area contributed by atoms with Crippen LogP contribution in [0.1, 0.15) is 61.9 Å². The molecule has 2 aromatic heterocycles. The molecule has 2 aromatic rings. The molecule has 0 spiro atoms. The lowest BCUT2D eigenvalue weighted by molar-refractivity contribution is 0.0570. The van der Waals surface area contributed by atoms with Crippen LogP contribution >= 0.6 is 0 Å². The summed E-state index contributed by atoms with van der Waals surface area (Å²) in [7, 11) is 0. The molecule has 0 unspecified atom stereocenters. The molecular formula is C18H22N2O3. The molecule has 2 heterocycles. The van der Waals surface area contributed by atoms with Crippen LogP contribution < -0.4 is 0 Å². The summed E-state index contributed by atoms with van der Waals surface area (Å²) >= 11 is 0. The summed E-state index contributed by atoms with van der Waals surface area (Å²) < 4.78 is 10.6. The molecule has 0 saturated heterocycles. The van der Waals surface area contributed by atoms with Gasteiger partial charge in [0, 0.05) is 18.2 Å². The number of aromatic nitrogens is 1. The van der Waals surface area contributed by atoms with Gasteiger partial charge in [-0.05, 0) is 37.8 Å². The van der Waals surface area contributed by atoms with E-state index < -0.39 is 0 Å². The first kappa shape index (κ1) is 14.5. The van der Waals surface area contributed by atoms with Gasteiger partial charge in [-0.25, -0.2) is 0 Å². The van der Waals surface area contributed by atoms with E-state index in [0.29, 0.717) is 29.3 Å². The maximum absolute atomic E-state index is 13.1. The maximum atomic E-state index is 13.1. The zero-order valence-electron chi connectivity index (χ0n) is 13.2. The van der Waals surface area contributed by atoms with E-state index in [2.05, 4.69) is 10.1 Å². The summed E-state index contributed by atoms with van der Waals surface area (Å²) in [4.78, 5) is 15.2. The fourth-order valence-corrected chi connectivity index (χ4v) is 4.04. The Kier molecular flexibility index (Phi) is 3.93. The molecule has 23 heavy (non-hydrogen) atoms. The number of nitrogens with zero attached hydrogens (tertiary/aromatic N) is 2. The predicted molar refractivity (Wildman–Crippen MR) is 84.9 cm³/mol. The van der Waals surface area contributed by atoms with Crippen molar-refractivity contribution in [2.24, 2.45) is 0 Å². The second-order valence-corrected chi connectivity index (χ2v) is 6.64. The summed E-state index contributed by atoms with van der Waals surface area (Å²) in [6, 6.07) is 6.05. The van der Waals surface area contributed by atoms with E-state index in [0.717, 1.165) is 25.7 Å². The maximum Gasteiger partial charge on any atom is 0.276 e. The molecule has 0 atom stereocenters. The number of carbonyl (C=O) groups excluding carboxylic acids is 1. The fraction of sp³-hybridized carbons (Fsp3) is 0.556.